The molecule has 2 rings (SSSR count). The predicted octanol–water partition coefficient (Wildman–Crippen LogP) is 2.83. The zero-order valence-electron chi connectivity index (χ0n) is 10.5. The fourth-order valence-corrected chi connectivity index (χ4v) is 1.85. The SMILES string of the molecule is O=C(Nc1cn[nH]c(=O)c1)c1cc(Cl)c(C(F)(F)F)cc1F. The van der Waals surface area contributed by atoms with Crippen molar-refractivity contribution in [2.75, 3.05) is 5.32 Å². The number of halogens is 5. The maximum atomic E-state index is 13.7. The van der Waals surface area contributed by atoms with Gasteiger partial charge in [-0.05, 0) is 12.1 Å². The highest BCUT2D eigenvalue weighted by Crippen LogP contribution is 2.36. The Kier molecular flexibility index (Phi) is 4.18. The largest absolute Gasteiger partial charge is 0.417 e. The van der Waals surface area contributed by atoms with E-state index >= 15 is 0 Å². The van der Waals surface area contributed by atoms with Crippen molar-refractivity contribution in [3.05, 3.63) is 56.7 Å². The number of carbonyl (C=O) groups is 1. The van der Waals surface area contributed by atoms with Crippen LogP contribution in [0.4, 0.5) is 23.2 Å². The fraction of sp³-hybridized carbons (Fsp3) is 0.0833. The molecule has 0 unspecified atom stereocenters. The van der Waals surface area contributed by atoms with Crippen molar-refractivity contribution in [2.45, 2.75) is 6.18 Å². The van der Waals surface area contributed by atoms with Gasteiger partial charge in [0.15, 0.2) is 0 Å². The summed E-state index contributed by atoms with van der Waals surface area (Å²) in [6, 6.07) is 1.66. The summed E-state index contributed by atoms with van der Waals surface area (Å²) in [7, 11) is 0. The number of benzene rings is 1. The monoisotopic (exact) mass is 335 g/mol. The molecule has 1 aromatic heterocycles. The van der Waals surface area contributed by atoms with E-state index in [-0.39, 0.29) is 11.8 Å². The van der Waals surface area contributed by atoms with Gasteiger partial charge in [0.1, 0.15) is 5.82 Å². The lowest BCUT2D eigenvalue weighted by atomic mass is 10.1. The van der Waals surface area contributed by atoms with Gasteiger partial charge in [-0.25, -0.2) is 9.49 Å². The van der Waals surface area contributed by atoms with Crippen molar-refractivity contribution in [3.63, 3.8) is 0 Å². The molecule has 0 radical (unpaired) electrons. The van der Waals surface area contributed by atoms with Crippen molar-refractivity contribution in [1.29, 1.82) is 0 Å². The molecule has 5 nitrogen and oxygen atoms in total. The first-order valence-corrected chi connectivity index (χ1v) is 5.98. The van der Waals surface area contributed by atoms with Gasteiger partial charge < -0.3 is 5.32 Å². The molecule has 0 saturated carbocycles. The van der Waals surface area contributed by atoms with Crippen LogP contribution in [-0.2, 0) is 6.18 Å². The second-order valence-electron chi connectivity index (χ2n) is 4.10. The molecule has 0 saturated heterocycles. The molecule has 0 fully saturated rings. The lowest BCUT2D eigenvalue weighted by Crippen LogP contribution is -2.17. The van der Waals surface area contributed by atoms with Crippen molar-refractivity contribution in [1.82, 2.24) is 10.2 Å². The molecule has 10 heteroatoms. The Morgan fingerprint density at radius 2 is 1.95 bits per heavy atom. The van der Waals surface area contributed by atoms with Crippen LogP contribution < -0.4 is 10.9 Å². The van der Waals surface area contributed by atoms with E-state index in [9.17, 15) is 27.2 Å². The number of hydrogen-bond acceptors (Lipinski definition) is 3. The van der Waals surface area contributed by atoms with E-state index in [1.807, 2.05) is 0 Å². The summed E-state index contributed by atoms with van der Waals surface area (Å²) in [6.07, 6.45) is -3.77. The maximum absolute atomic E-state index is 13.7. The highest BCUT2D eigenvalue weighted by atomic mass is 35.5. The first kappa shape index (κ1) is 16.0. The minimum Gasteiger partial charge on any atom is -0.320 e. The van der Waals surface area contributed by atoms with Crippen LogP contribution >= 0.6 is 11.6 Å². The van der Waals surface area contributed by atoms with Gasteiger partial charge in [-0.15, -0.1) is 0 Å². The Labute approximate surface area is 124 Å². The van der Waals surface area contributed by atoms with Gasteiger partial charge in [-0.1, -0.05) is 11.6 Å². The number of H-pyrrole nitrogens is 1. The van der Waals surface area contributed by atoms with Gasteiger partial charge in [-0.3, -0.25) is 9.59 Å². The molecule has 0 atom stereocenters. The minimum atomic E-state index is -4.84. The van der Waals surface area contributed by atoms with Crippen LogP contribution in [-0.4, -0.2) is 16.1 Å². The summed E-state index contributed by atoms with van der Waals surface area (Å²) >= 11 is 5.42. The number of nitrogens with zero attached hydrogens (tertiary/aromatic N) is 1. The number of rotatable bonds is 2. The van der Waals surface area contributed by atoms with Gasteiger partial charge in [0, 0.05) is 6.07 Å². The predicted molar refractivity (Wildman–Crippen MR) is 69.2 cm³/mol. The molecule has 22 heavy (non-hydrogen) atoms. The van der Waals surface area contributed by atoms with Gasteiger partial charge in [0.25, 0.3) is 11.5 Å². The summed E-state index contributed by atoms with van der Waals surface area (Å²) < 4.78 is 51.4. The second-order valence-corrected chi connectivity index (χ2v) is 4.50. The third-order valence-corrected chi connectivity index (χ3v) is 2.84. The number of aromatic nitrogens is 2. The molecular formula is C12H6ClF4N3O2. The van der Waals surface area contributed by atoms with E-state index in [1.54, 1.807) is 0 Å². The average molecular weight is 336 g/mol. The molecular weight excluding hydrogens is 330 g/mol. The Morgan fingerprint density at radius 1 is 1.27 bits per heavy atom. The standard InChI is InChI=1S/C12H6ClF4N3O2/c13-8-2-6(9(14)3-7(8)12(15,16)17)11(22)19-5-1-10(21)20-18-4-5/h1-4H,(H2,19,20,21,22). The molecule has 1 heterocycles. The van der Waals surface area contributed by atoms with Gasteiger partial charge in [0.2, 0.25) is 0 Å². The Balaban J connectivity index is 2.35. The molecule has 2 N–H and O–H groups in total. The summed E-state index contributed by atoms with van der Waals surface area (Å²) in [5, 5.41) is 6.76. The van der Waals surface area contributed by atoms with Crippen LogP contribution in [0.5, 0.6) is 0 Å². The van der Waals surface area contributed by atoms with Gasteiger partial charge in [0.05, 0.1) is 28.0 Å². The topological polar surface area (TPSA) is 74.8 Å². The summed E-state index contributed by atoms with van der Waals surface area (Å²) in [6.45, 7) is 0. The quantitative estimate of drug-likeness (QED) is 0.829. The van der Waals surface area contributed by atoms with E-state index in [0.29, 0.717) is 6.07 Å². The van der Waals surface area contributed by atoms with E-state index < -0.39 is 39.6 Å². The molecule has 1 amide bonds. The lowest BCUT2D eigenvalue weighted by molar-refractivity contribution is -0.137. The van der Waals surface area contributed by atoms with Crippen LogP contribution in [0.15, 0.2) is 29.2 Å². The molecule has 0 aliphatic carbocycles. The normalized spacial score (nSPS) is 11.3. The van der Waals surface area contributed by atoms with Crippen LogP contribution in [0.2, 0.25) is 5.02 Å². The van der Waals surface area contributed by atoms with E-state index in [1.165, 1.54) is 0 Å². The first-order valence-electron chi connectivity index (χ1n) is 5.61. The molecule has 2 aromatic rings. The highest BCUT2D eigenvalue weighted by molar-refractivity contribution is 6.32. The van der Waals surface area contributed by atoms with Crippen molar-refractivity contribution in [2.24, 2.45) is 0 Å². The third-order valence-electron chi connectivity index (χ3n) is 2.53. The first-order chi connectivity index (χ1) is 10.2. The third kappa shape index (κ3) is 3.42. The fourth-order valence-electron chi connectivity index (χ4n) is 1.58. The van der Waals surface area contributed by atoms with Gasteiger partial charge >= 0.3 is 6.18 Å². The Bertz CT molecular complexity index is 789. The smallest absolute Gasteiger partial charge is 0.320 e. The Morgan fingerprint density at radius 3 is 2.55 bits per heavy atom. The number of nitrogens with one attached hydrogen (secondary N) is 2. The summed E-state index contributed by atoms with van der Waals surface area (Å²) in [5.74, 6) is -2.47. The Hall–Kier alpha value is -2.42. The highest BCUT2D eigenvalue weighted by Gasteiger charge is 2.34. The zero-order chi connectivity index (χ0) is 16.5. The summed E-state index contributed by atoms with van der Waals surface area (Å²) in [4.78, 5) is 22.8. The molecule has 1 aromatic carbocycles. The van der Waals surface area contributed by atoms with Crippen LogP contribution in [0.25, 0.3) is 0 Å². The molecule has 0 spiro atoms. The van der Waals surface area contributed by atoms with E-state index in [2.05, 4.69) is 15.5 Å². The summed E-state index contributed by atoms with van der Waals surface area (Å²) in [5.41, 5.74) is -2.76. The van der Waals surface area contributed by atoms with Gasteiger partial charge in [-0.2, -0.15) is 18.3 Å². The molecule has 0 bridgehead atoms. The average Bonchev–Trinajstić information content (AvgIpc) is 2.39. The van der Waals surface area contributed by atoms with Crippen molar-refractivity contribution in [3.8, 4) is 0 Å². The number of alkyl halides is 3. The molecule has 0 aliphatic heterocycles. The van der Waals surface area contributed by atoms with Crippen molar-refractivity contribution < 1.29 is 22.4 Å². The lowest BCUT2D eigenvalue weighted by Gasteiger charge is -2.11. The number of carbonyl (C=O) groups excluding carboxylic acids is 1. The van der Waals surface area contributed by atoms with Crippen LogP contribution in [0.3, 0.4) is 0 Å². The zero-order valence-corrected chi connectivity index (χ0v) is 11.2. The second kappa shape index (κ2) is 5.76. The van der Waals surface area contributed by atoms with E-state index in [0.717, 1.165) is 12.3 Å². The van der Waals surface area contributed by atoms with E-state index in [4.69, 9.17) is 11.6 Å². The number of anilines is 1. The number of aromatic amines is 1. The van der Waals surface area contributed by atoms with Crippen LogP contribution in [0, 0.1) is 5.82 Å². The van der Waals surface area contributed by atoms with Crippen molar-refractivity contribution >= 4 is 23.2 Å². The maximum Gasteiger partial charge on any atom is 0.417 e. The number of hydrogen-bond donors (Lipinski definition) is 2. The van der Waals surface area contributed by atoms with Crippen LogP contribution in [0.1, 0.15) is 15.9 Å². The number of amides is 1. The minimum absolute atomic E-state index is 0.0517. The molecule has 116 valence electrons. The molecule has 0 aliphatic rings.